The summed E-state index contributed by atoms with van der Waals surface area (Å²) in [5, 5.41) is 14.1. The molecule has 2 amide bonds. The van der Waals surface area contributed by atoms with Gasteiger partial charge < -0.3 is 20.5 Å². The summed E-state index contributed by atoms with van der Waals surface area (Å²) >= 11 is 0. The minimum absolute atomic E-state index is 0.0891. The van der Waals surface area contributed by atoms with Crippen LogP contribution >= 0.6 is 0 Å². The third-order valence-electron chi connectivity index (χ3n) is 7.19. The molecule has 2 aliphatic carbocycles. The van der Waals surface area contributed by atoms with Gasteiger partial charge in [-0.1, -0.05) is 24.3 Å². The van der Waals surface area contributed by atoms with Crippen molar-refractivity contribution in [1.82, 2.24) is 0 Å². The minimum atomic E-state index is -4.86. The predicted octanol–water partition coefficient (Wildman–Crippen LogP) is 7.00. The fraction of sp³-hybridized carbons (Fsp3) is 0.462. The maximum atomic E-state index is 12.6. The molecule has 2 aromatic rings. The lowest BCUT2D eigenvalue weighted by Gasteiger charge is -2.42. The van der Waals surface area contributed by atoms with Gasteiger partial charge in [0, 0.05) is 12.1 Å². The molecule has 0 heterocycles. The fourth-order valence-corrected chi connectivity index (χ4v) is 5.63. The van der Waals surface area contributed by atoms with Gasteiger partial charge in [-0.25, -0.2) is 4.79 Å². The average molecular weight is 491 g/mol. The molecule has 6 nitrogen and oxygen atoms in total. The van der Waals surface area contributed by atoms with E-state index in [1.807, 2.05) is 12.1 Å². The minimum Gasteiger partial charge on any atom is -0.481 e. The summed E-state index contributed by atoms with van der Waals surface area (Å²) in [7, 11) is 0. The lowest BCUT2D eigenvalue weighted by atomic mass is 9.63. The quantitative estimate of drug-likeness (QED) is 0.407. The number of carboxylic acids is 1. The van der Waals surface area contributed by atoms with Gasteiger partial charge >= 0.3 is 18.4 Å². The molecule has 2 aliphatic rings. The van der Waals surface area contributed by atoms with Crippen molar-refractivity contribution in [2.24, 2.45) is 17.8 Å². The van der Waals surface area contributed by atoms with E-state index in [-0.39, 0.29) is 12.1 Å². The van der Waals surface area contributed by atoms with E-state index in [0.717, 1.165) is 44.6 Å². The molecule has 2 aromatic carbocycles. The molecule has 188 valence electrons. The standard InChI is InChI=1S/C26H29F3N2O4/c27-26(28,29)35-23-4-2-1-3-22(23)31-25(34)30-21-11-9-17(10-12-21)19-8-7-18-13-16(14-24(32)33)5-6-20(18)15-19/h1-4,9-12,16,18-20H,5-8,13-15H2,(H,32,33)(H2,30,31,34). The molecule has 2 fully saturated rings. The monoisotopic (exact) mass is 490 g/mol. The van der Waals surface area contributed by atoms with Crippen molar-refractivity contribution in [3.05, 3.63) is 54.1 Å². The van der Waals surface area contributed by atoms with Crippen LogP contribution in [0.25, 0.3) is 0 Å². The number of hydrogen-bond acceptors (Lipinski definition) is 3. The average Bonchev–Trinajstić information content (AvgIpc) is 2.79. The number of hydrogen-bond donors (Lipinski definition) is 3. The van der Waals surface area contributed by atoms with Crippen LogP contribution < -0.4 is 15.4 Å². The molecular weight excluding hydrogens is 461 g/mol. The van der Waals surface area contributed by atoms with Gasteiger partial charge in [0.05, 0.1) is 5.69 Å². The van der Waals surface area contributed by atoms with Crippen molar-refractivity contribution in [1.29, 1.82) is 0 Å². The number of alkyl halides is 3. The highest BCUT2D eigenvalue weighted by atomic mass is 19.4. The summed E-state index contributed by atoms with van der Waals surface area (Å²) in [5.41, 5.74) is 1.64. The zero-order chi connectivity index (χ0) is 25.0. The summed E-state index contributed by atoms with van der Waals surface area (Å²) in [4.78, 5) is 23.4. The number of carbonyl (C=O) groups excluding carboxylic acids is 1. The first kappa shape index (κ1) is 24.9. The second kappa shape index (κ2) is 10.6. The number of carboxylic acid groups (broad SMARTS) is 1. The number of para-hydroxylation sites is 2. The zero-order valence-corrected chi connectivity index (χ0v) is 19.2. The Bertz CT molecular complexity index is 1040. The molecule has 0 spiro atoms. The van der Waals surface area contributed by atoms with Gasteiger partial charge in [0.15, 0.2) is 5.75 Å². The molecule has 9 heteroatoms. The van der Waals surface area contributed by atoms with E-state index in [2.05, 4.69) is 15.4 Å². The van der Waals surface area contributed by atoms with Gasteiger partial charge in [0.25, 0.3) is 0 Å². The zero-order valence-electron chi connectivity index (χ0n) is 19.2. The highest BCUT2D eigenvalue weighted by Gasteiger charge is 2.36. The van der Waals surface area contributed by atoms with Crippen molar-refractivity contribution < 1.29 is 32.6 Å². The third kappa shape index (κ3) is 6.90. The van der Waals surface area contributed by atoms with E-state index in [1.165, 1.54) is 23.8 Å². The Balaban J connectivity index is 1.31. The molecule has 0 aromatic heterocycles. The lowest BCUT2D eigenvalue weighted by molar-refractivity contribution is -0.274. The van der Waals surface area contributed by atoms with Crippen molar-refractivity contribution in [2.45, 2.75) is 57.2 Å². The van der Waals surface area contributed by atoms with Crippen molar-refractivity contribution in [3.8, 4) is 5.75 Å². The Morgan fingerprint density at radius 3 is 2.31 bits per heavy atom. The molecule has 35 heavy (non-hydrogen) atoms. The summed E-state index contributed by atoms with van der Waals surface area (Å²) < 4.78 is 41.7. The summed E-state index contributed by atoms with van der Waals surface area (Å²) in [5.74, 6) is 0.774. The Morgan fingerprint density at radius 1 is 0.914 bits per heavy atom. The largest absolute Gasteiger partial charge is 0.573 e. The summed E-state index contributed by atoms with van der Waals surface area (Å²) in [6.07, 6.45) is 1.74. The SMILES string of the molecule is O=C(O)CC1CCC2CC(c3ccc(NC(=O)Nc4ccccc4OC(F)(F)F)cc3)CCC2C1. The molecule has 2 saturated carbocycles. The van der Waals surface area contributed by atoms with Gasteiger partial charge in [0.2, 0.25) is 0 Å². The van der Waals surface area contributed by atoms with Crippen molar-refractivity contribution in [2.75, 3.05) is 10.6 Å². The number of urea groups is 1. The fourth-order valence-electron chi connectivity index (χ4n) is 5.63. The van der Waals surface area contributed by atoms with Gasteiger partial charge in [-0.2, -0.15) is 0 Å². The van der Waals surface area contributed by atoms with Gasteiger partial charge in [-0.3, -0.25) is 4.79 Å². The summed E-state index contributed by atoms with van der Waals surface area (Å²) in [6.45, 7) is 0. The number of amides is 2. The third-order valence-corrected chi connectivity index (χ3v) is 7.19. The highest BCUT2D eigenvalue weighted by Crippen LogP contribution is 2.48. The second-order valence-corrected chi connectivity index (χ2v) is 9.55. The Kier molecular flexibility index (Phi) is 7.52. The van der Waals surface area contributed by atoms with E-state index < -0.39 is 24.1 Å². The van der Waals surface area contributed by atoms with Crippen LogP contribution in [0, 0.1) is 17.8 Å². The number of nitrogens with one attached hydrogen (secondary N) is 2. The van der Waals surface area contributed by atoms with Crippen LogP contribution in [0.4, 0.5) is 29.3 Å². The first-order chi connectivity index (χ1) is 16.7. The van der Waals surface area contributed by atoms with Crippen LogP contribution in [0.5, 0.6) is 5.75 Å². The normalized spacial score (nSPS) is 24.2. The van der Waals surface area contributed by atoms with Crippen molar-refractivity contribution in [3.63, 3.8) is 0 Å². The van der Waals surface area contributed by atoms with Gasteiger partial charge in [-0.05, 0) is 92.0 Å². The second-order valence-electron chi connectivity index (χ2n) is 9.55. The van der Waals surface area contributed by atoms with Crippen LogP contribution in [-0.2, 0) is 4.79 Å². The number of aliphatic carboxylic acids is 1. The van der Waals surface area contributed by atoms with Gasteiger partial charge in [0.1, 0.15) is 0 Å². The maximum Gasteiger partial charge on any atom is 0.573 e. The number of carbonyl (C=O) groups is 2. The number of fused-ring (bicyclic) bond motifs is 1. The number of halogens is 3. The molecule has 4 atom stereocenters. The Morgan fingerprint density at radius 2 is 1.60 bits per heavy atom. The van der Waals surface area contributed by atoms with E-state index in [4.69, 9.17) is 5.11 Å². The van der Waals surface area contributed by atoms with Crippen LogP contribution in [-0.4, -0.2) is 23.5 Å². The predicted molar refractivity (Wildman–Crippen MR) is 125 cm³/mol. The van der Waals surface area contributed by atoms with E-state index in [1.54, 1.807) is 12.1 Å². The molecular formula is C26H29F3N2O4. The molecule has 0 radical (unpaired) electrons. The number of benzene rings is 2. The molecule has 4 unspecified atom stereocenters. The highest BCUT2D eigenvalue weighted by molar-refractivity contribution is 6.00. The van der Waals surface area contributed by atoms with E-state index in [9.17, 15) is 22.8 Å². The molecule has 3 N–H and O–H groups in total. The van der Waals surface area contributed by atoms with Gasteiger partial charge in [-0.15, -0.1) is 13.2 Å². The van der Waals surface area contributed by atoms with Crippen LogP contribution in [0.1, 0.15) is 56.4 Å². The molecule has 0 saturated heterocycles. The first-order valence-electron chi connectivity index (χ1n) is 11.9. The number of ether oxygens (including phenoxy) is 1. The van der Waals surface area contributed by atoms with Crippen molar-refractivity contribution >= 4 is 23.4 Å². The smallest absolute Gasteiger partial charge is 0.481 e. The van der Waals surface area contributed by atoms with Crippen LogP contribution in [0.15, 0.2) is 48.5 Å². The number of rotatable bonds is 6. The summed E-state index contributed by atoms with van der Waals surface area (Å²) in [6, 6.07) is 12.2. The Labute approximate surface area is 201 Å². The number of anilines is 2. The first-order valence-corrected chi connectivity index (χ1v) is 11.9. The molecule has 0 aliphatic heterocycles. The van der Waals surface area contributed by atoms with Crippen LogP contribution in [0.3, 0.4) is 0 Å². The van der Waals surface area contributed by atoms with E-state index in [0.29, 0.717) is 29.4 Å². The maximum absolute atomic E-state index is 12.6. The lowest BCUT2D eigenvalue weighted by Crippen LogP contribution is -2.31. The Hall–Kier alpha value is -3.23. The molecule has 4 rings (SSSR count). The van der Waals surface area contributed by atoms with Crippen LogP contribution in [0.2, 0.25) is 0 Å². The molecule has 0 bridgehead atoms. The topological polar surface area (TPSA) is 87.7 Å². The van der Waals surface area contributed by atoms with E-state index >= 15 is 0 Å².